The van der Waals surface area contributed by atoms with Gasteiger partial charge in [0.15, 0.2) is 0 Å². The summed E-state index contributed by atoms with van der Waals surface area (Å²) in [4.78, 5) is 3.10. The van der Waals surface area contributed by atoms with Gasteiger partial charge in [0.05, 0.1) is 5.57 Å². The number of alkyl halides is 3. The molecule has 0 saturated carbocycles. The first-order valence-electron chi connectivity index (χ1n) is 2.85. The zero-order valence-electron chi connectivity index (χ0n) is 5.59. The van der Waals surface area contributed by atoms with E-state index in [0.29, 0.717) is 16.8 Å². The fraction of sp³-hybridized carbons (Fsp3) is 0.400. The first kappa shape index (κ1) is 9.34. The van der Waals surface area contributed by atoms with Crippen molar-refractivity contribution in [3.8, 4) is 0 Å². The van der Waals surface area contributed by atoms with Crippen LogP contribution in [0.3, 0.4) is 0 Å². The van der Waals surface area contributed by atoms with E-state index in [1.807, 2.05) is 0 Å². The lowest BCUT2D eigenvalue weighted by Gasteiger charge is -2.20. The van der Waals surface area contributed by atoms with E-state index < -0.39 is 18.1 Å². The smallest absolute Gasteiger partial charge is 0.354 e. The number of allylic oxidation sites excluding steroid dienone is 1. The molecule has 12 heavy (non-hydrogen) atoms. The fourth-order valence-corrected chi connectivity index (χ4v) is 0.745. The van der Waals surface area contributed by atoms with Crippen molar-refractivity contribution in [3.63, 3.8) is 0 Å². The van der Waals surface area contributed by atoms with Crippen LogP contribution in [0, 0.1) is 0 Å². The molecule has 0 amide bonds. The molecule has 1 unspecified atom stereocenters. The molecule has 3 nitrogen and oxygen atoms in total. The normalized spacial score (nSPS) is 24.2. The standard InChI is InChI=1S/C5H4ClF3N2O/c6-11-2-3(5(7,8)9)1-10-4(11)12/h1-2,4,12H. The van der Waals surface area contributed by atoms with Crippen LogP contribution in [0.25, 0.3) is 0 Å². The molecule has 0 aromatic heterocycles. The molecule has 0 aromatic rings. The van der Waals surface area contributed by atoms with Crippen molar-refractivity contribution in [3.05, 3.63) is 11.8 Å². The summed E-state index contributed by atoms with van der Waals surface area (Å²) in [6.07, 6.45) is -4.84. The maximum atomic E-state index is 11.9. The second-order valence-electron chi connectivity index (χ2n) is 2.05. The average Bonchev–Trinajstić information content (AvgIpc) is 1.92. The number of hydrogen-bond acceptors (Lipinski definition) is 3. The Bertz CT molecular complexity index is 237. The van der Waals surface area contributed by atoms with Crippen LogP contribution in [-0.4, -0.2) is 28.3 Å². The van der Waals surface area contributed by atoms with Crippen molar-refractivity contribution >= 4 is 18.0 Å². The monoisotopic (exact) mass is 200 g/mol. The van der Waals surface area contributed by atoms with Crippen LogP contribution >= 0.6 is 11.8 Å². The van der Waals surface area contributed by atoms with Gasteiger partial charge in [-0.25, -0.2) is 9.41 Å². The highest BCUT2D eigenvalue weighted by Crippen LogP contribution is 2.27. The topological polar surface area (TPSA) is 35.8 Å². The van der Waals surface area contributed by atoms with E-state index in [2.05, 4.69) is 4.99 Å². The van der Waals surface area contributed by atoms with Crippen LogP contribution in [0.15, 0.2) is 16.8 Å². The summed E-state index contributed by atoms with van der Waals surface area (Å²) in [6, 6.07) is 0. The highest BCUT2D eigenvalue weighted by Gasteiger charge is 2.35. The van der Waals surface area contributed by atoms with Crippen molar-refractivity contribution in [2.75, 3.05) is 0 Å². The van der Waals surface area contributed by atoms with Crippen LogP contribution in [0.2, 0.25) is 0 Å². The van der Waals surface area contributed by atoms with E-state index in [0.717, 1.165) is 0 Å². The number of halogens is 4. The van der Waals surface area contributed by atoms with E-state index in [1.54, 1.807) is 0 Å². The SMILES string of the molecule is OC1N=CC(C(F)(F)F)=CN1Cl. The molecule has 1 rings (SSSR count). The molecular weight excluding hydrogens is 197 g/mol. The van der Waals surface area contributed by atoms with Gasteiger partial charge < -0.3 is 5.11 Å². The predicted molar refractivity (Wildman–Crippen MR) is 36.3 cm³/mol. The lowest BCUT2D eigenvalue weighted by molar-refractivity contribution is -0.0875. The zero-order valence-corrected chi connectivity index (χ0v) is 6.34. The second kappa shape index (κ2) is 2.95. The van der Waals surface area contributed by atoms with E-state index in [4.69, 9.17) is 16.9 Å². The number of aliphatic imine (C=N–C) groups is 1. The van der Waals surface area contributed by atoms with E-state index in [9.17, 15) is 13.2 Å². The van der Waals surface area contributed by atoms with Gasteiger partial charge in [-0.15, -0.1) is 0 Å². The lowest BCUT2D eigenvalue weighted by atomic mass is 10.3. The maximum absolute atomic E-state index is 11.9. The fourth-order valence-electron chi connectivity index (χ4n) is 0.590. The third-order valence-corrected chi connectivity index (χ3v) is 1.43. The van der Waals surface area contributed by atoms with E-state index in [-0.39, 0.29) is 0 Å². The minimum Gasteiger partial charge on any atom is -0.354 e. The van der Waals surface area contributed by atoms with Crippen molar-refractivity contribution in [1.29, 1.82) is 0 Å². The van der Waals surface area contributed by atoms with Gasteiger partial charge in [0.2, 0.25) is 6.35 Å². The molecule has 0 saturated heterocycles. The summed E-state index contributed by atoms with van der Waals surface area (Å²) >= 11 is 5.16. The molecule has 1 aliphatic rings. The highest BCUT2D eigenvalue weighted by atomic mass is 35.5. The van der Waals surface area contributed by atoms with E-state index >= 15 is 0 Å². The quantitative estimate of drug-likeness (QED) is 0.598. The molecule has 0 bridgehead atoms. The summed E-state index contributed by atoms with van der Waals surface area (Å²) in [5.41, 5.74) is -0.997. The third kappa shape index (κ3) is 1.89. The summed E-state index contributed by atoms with van der Waals surface area (Å²) in [5.74, 6) is 0. The van der Waals surface area contributed by atoms with Gasteiger partial charge in [-0.05, 0) is 0 Å². The molecular formula is C5H4ClF3N2O. The molecule has 1 N–H and O–H groups in total. The molecule has 0 radical (unpaired) electrons. The highest BCUT2D eigenvalue weighted by molar-refractivity contribution is 6.14. The largest absolute Gasteiger partial charge is 0.419 e. The van der Waals surface area contributed by atoms with Crippen molar-refractivity contribution in [2.45, 2.75) is 12.5 Å². The summed E-state index contributed by atoms with van der Waals surface area (Å²) in [6.45, 7) is 0. The number of aliphatic hydroxyl groups excluding tert-OH is 1. The second-order valence-corrected chi connectivity index (χ2v) is 2.44. The van der Waals surface area contributed by atoms with Crippen molar-refractivity contribution in [2.24, 2.45) is 4.99 Å². The van der Waals surface area contributed by atoms with Crippen molar-refractivity contribution < 1.29 is 18.3 Å². The number of nitrogens with zero attached hydrogens (tertiary/aromatic N) is 2. The van der Waals surface area contributed by atoms with Gasteiger partial charge in [-0.2, -0.15) is 13.2 Å². The summed E-state index contributed by atoms with van der Waals surface area (Å²) < 4.78 is 36.2. The molecule has 0 aliphatic carbocycles. The minimum atomic E-state index is -4.49. The van der Waals surface area contributed by atoms with Gasteiger partial charge in [0.25, 0.3) is 0 Å². The van der Waals surface area contributed by atoms with Crippen LogP contribution in [0.4, 0.5) is 13.2 Å². The van der Waals surface area contributed by atoms with Gasteiger partial charge in [-0.1, -0.05) is 0 Å². The molecule has 1 aliphatic heterocycles. The van der Waals surface area contributed by atoms with Crippen molar-refractivity contribution in [1.82, 2.24) is 4.42 Å². The van der Waals surface area contributed by atoms with Gasteiger partial charge in [-0.3, -0.25) is 0 Å². The molecule has 1 heterocycles. The third-order valence-electron chi connectivity index (χ3n) is 1.16. The Morgan fingerprint density at radius 2 is 2.17 bits per heavy atom. The van der Waals surface area contributed by atoms with Gasteiger partial charge >= 0.3 is 6.18 Å². The van der Waals surface area contributed by atoms with E-state index in [1.165, 1.54) is 0 Å². The maximum Gasteiger partial charge on any atom is 0.419 e. The van der Waals surface area contributed by atoms with Gasteiger partial charge in [0.1, 0.15) is 0 Å². The minimum absolute atomic E-state index is 0.447. The Morgan fingerprint density at radius 3 is 2.58 bits per heavy atom. The first-order chi connectivity index (χ1) is 5.41. The van der Waals surface area contributed by atoms with Crippen LogP contribution in [0.5, 0.6) is 0 Å². The number of rotatable bonds is 0. The Labute approximate surface area is 70.9 Å². The Balaban J connectivity index is 2.84. The Morgan fingerprint density at radius 1 is 1.58 bits per heavy atom. The lowest BCUT2D eigenvalue weighted by Crippen LogP contribution is -2.28. The van der Waals surface area contributed by atoms with Crippen LogP contribution in [-0.2, 0) is 0 Å². The summed E-state index contributed by atoms with van der Waals surface area (Å²) in [7, 11) is 0. The predicted octanol–water partition coefficient (Wildman–Crippen LogP) is 1.25. The summed E-state index contributed by atoms with van der Waals surface area (Å²) in [5, 5.41) is 8.75. The van der Waals surface area contributed by atoms with Gasteiger partial charge in [0, 0.05) is 24.2 Å². The number of hydrogen-bond donors (Lipinski definition) is 1. The Hall–Kier alpha value is -0.750. The molecule has 0 spiro atoms. The Kier molecular flexibility index (Phi) is 2.29. The molecule has 0 fully saturated rings. The number of aliphatic hydroxyl groups is 1. The molecule has 68 valence electrons. The average molecular weight is 201 g/mol. The molecule has 7 heteroatoms. The molecule has 1 atom stereocenters. The zero-order chi connectivity index (χ0) is 9.35. The first-order valence-corrected chi connectivity index (χ1v) is 3.19. The molecule has 0 aromatic carbocycles. The van der Waals surface area contributed by atoms with Crippen LogP contribution < -0.4 is 0 Å². The van der Waals surface area contributed by atoms with Crippen LogP contribution in [0.1, 0.15) is 0 Å².